The van der Waals surface area contributed by atoms with Crippen LogP contribution in [0, 0.1) is 0 Å². The molecule has 0 aliphatic heterocycles. The molecular formula is C59H60N4. The second-order valence-electron chi connectivity index (χ2n) is 15.5. The molecule has 10 rings (SSSR count). The summed E-state index contributed by atoms with van der Waals surface area (Å²) in [5.74, 6) is 0. The lowest BCUT2D eigenvalue weighted by molar-refractivity contribution is 1.02. The highest BCUT2D eigenvalue weighted by Gasteiger charge is 2.33. The van der Waals surface area contributed by atoms with Crippen LogP contribution in [0.3, 0.4) is 0 Å². The van der Waals surface area contributed by atoms with Crippen LogP contribution in [0.4, 0.5) is 5.69 Å². The Bertz CT molecular complexity index is 3250. The van der Waals surface area contributed by atoms with Crippen LogP contribution in [0.1, 0.15) is 84.3 Å². The maximum atomic E-state index is 4.06. The zero-order valence-corrected chi connectivity index (χ0v) is 38.5. The second kappa shape index (κ2) is 18.5. The molecule has 2 aliphatic rings. The van der Waals surface area contributed by atoms with E-state index in [-0.39, 0.29) is 0 Å². The molecule has 0 radical (unpaired) electrons. The van der Waals surface area contributed by atoms with E-state index in [9.17, 15) is 0 Å². The van der Waals surface area contributed by atoms with Gasteiger partial charge in [0.25, 0.3) is 0 Å². The van der Waals surface area contributed by atoms with E-state index in [0.29, 0.717) is 0 Å². The van der Waals surface area contributed by atoms with Crippen LogP contribution >= 0.6 is 0 Å². The van der Waals surface area contributed by atoms with Crippen molar-refractivity contribution in [2.75, 3.05) is 11.9 Å². The minimum atomic E-state index is 0.894. The summed E-state index contributed by atoms with van der Waals surface area (Å²) < 4.78 is 7.39. The first-order valence-corrected chi connectivity index (χ1v) is 23.0. The lowest BCUT2D eigenvalue weighted by atomic mass is 10.0. The second-order valence-corrected chi connectivity index (χ2v) is 15.5. The molecule has 0 saturated carbocycles. The molecule has 5 aromatic carbocycles. The van der Waals surface area contributed by atoms with Crippen molar-refractivity contribution in [2.45, 2.75) is 74.7 Å². The van der Waals surface area contributed by atoms with Crippen molar-refractivity contribution >= 4 is 67.9 Å². The average Bonchev–Trinajstić information content (AvgIpc) is 4.16. The van der Waals surface area contributed by atoms with Crippen LogP contribution < -0.4 is 15.5 Å². The number of likely N-dealkylation sites (N-methyl/N-ethyl adjacent to an activating group) is 1. The minimum Gasteiger partial charge on any atom is -0.338 e. The number of fused-ring (bicyclic) bond motifs is 5. The SMILES string of the molecule is C/C=C\c1c(CC)c2c(n1-c1ccccc1)C(C1=CC(n3c(=C/CC)/c(=C\C)c4cc5c6ccccc6n(-c6ccccc6)c5cc43)=C=C1N(C)c1ccccc1)=CC2.CC.CC. The molecule has 316 valence electrons. The van der Waals surface area contributed by atoms with Gasteiger partial charge in [0, 0.05) is 62.3 Å². The van der Waals surface area contributed by atoms with Crippen LogP contribution in [0.5, 0.6) is 0 Å². The molecule has 2 aliphatic carbocycles. The number of anilines is 1. The van der Waals surface area contributed by atoms with E-state index in [1.807, 2.05) is 27.7 Å². The molecule has 63 heavy (non-hydrogen) atoms. The van der Waals surface area contributed by atoms with Gasteiger partial charge < -0.3 is 18.6 Å². The number of rotatable bonds is 9. The molecule has 3 aromatic heterocycles. The standard InChI is InChI=1S/C55H48N4.2C2H6/c1-6-21-49-42(9-4)47-35-48-43-29-19-20-30-51(43)57(38-25-15-11-16-26-38)54(48)36-53(47)58(49)40-33-46(52(34-40)56(5)37-23-13-10-14-24-37)45-32-31-44-41(8-3)50(22-7-2)59(55(44)45)39-27-17-12-18-28-39;2*1-2/h7,9-30,32-33,35-36H,6,8,31H2,1-5H3;2*1-2H3/b22-7-,42-9-,49-21+;;. The van der Waals surface area contributed by atoms with Crippen LogP contribution in [0.2, 0.25) is 0 Å². The summed E-state index contributed by atoms with van der Waals surface area (Å²) in [5, 5.41) is 6.21. The van der Waals surface area contributed by atoms with E-state index < -0.39 is 0 Å². The number of allylic oxidation sites excluding steroid dienone is 4. The highest BCUT2D eigenvalue weighted by Crippen LogP contribution is 2.45. The number of nitrogens with zero attached hydrogens (tertiary/aromatic N) is 4. The van der Waals surface area contributed by atoms with Crippen molar-refractivity contribution in [1.29, 1.82) is 0 Å². The van der Waals surface area contributed by atoms with Gasteiger partial charge in [-0.15, -0.1) is 0 Å². The monoisotopic (exact) mass is 824 g/mol. The Morgan fingerprint density at radius 3 is 1.90 bits per heavy atom. The molecule has 4 nitrogen and oxygen atoms in total. The zero-order valence-electron chi connectivity index (χ0n) is 38.5. The minimum absolute atomic E-state index is 0.894. The van der Waals surface area contributed by atoms with Crippen LogP contribution in [-0.4, -0.2) is 20.7 Å². The van der Waals surface area contributed by atoms with E-state index in [1.165, 1.54) is 82.6 Å². The van der Waals surface area contributed by atoms with Gasteiger partial charge >= 0.3 is 0 Å². The van der Waals surface area contributed by atoms with Gasteiger partial charge in [-0.3, -0.25) is 0 Å². The van der Waals surface area contributed by atoms with Crippen molar-refractivity contribution in [3.05, 3.63) is 196 Å². The van der Waals surface area contributed by atoms with Gasteiger partial charge in [0.05, 0.1) is 39.0 Å². The Balaban J connectivity index is 0.00000132. The third kappa shape index (κ3) is 7.15. The predicted octanol–water partition coefficient (Wildman–Crippen LogP) is 14.2. The highest BCUT2D eigenvalue weighted by atomic mass is 15.1. The summed E-state index contributed by atoms with van der Waals surface area (Å²) in [6.07, 6.45) is 16.8. The molecule has 0 fully saturated rings. The molecule has 0 unspecified atom stereocenters. The highest BCUT2D eigenvalue weighted by molar-refractivity contribution is 6.14. The third-order valence-electron chi connectivity index (χ3n) is 12.2. The summed E-state index contributed by atoms with van der Waals surface area (Å²) in [7, 11) is 2.18. The van der Waals surface area contributed by atoms with E-state index in [2.05, 4.69) is 223 Å². The Kier molecular flexibility index (Phi) is 12.6. The van der Waals surface area contributed by atoms with Gasteiger partial charge in [-0.25, -0.2) is 0 Å². The molecule has 0 bridgehead atoms. The first-order chi connectivity index (χ1) is 31.1. The van der Waals surface area contributed by atoms with Gasteiger partial charge in [-0.1, -0.05) is 144 Å². The van der Waals surface area contributed by atoms with Gasteiger partial charge in [0.1, 0.15) is 0 Å². The zero-order chi connectivity index (χ0) is 44.2. The quantitative estimate of drug-likeness (QED) is 0.133. The van der Waals surface area contributed by atoms with Gasteiger partial charge in [-0.2, -0.15) is 0 Å². The molecule has 0 atom stereocenters. The van der Waals surface area contributed by atoms with Crippen molar-refractivity contribution in [3.8, 4) is 11.4 Å². The molecule has 3 heterocycles. The van der Waals surface area contributed by atoms with Crippen molar-refractivity contribution in [3.63, 3.8) is 0 Å². The molecule has 0 N–H and O–H groups in total. The fraction of sp³-hybridized carbons (Fsp3) is 0.203. The summed E-state index contributed by atoms with van der Waals surface area (Å²) in [4.78, 5) is 2.31. The van der Waals surface area contributed by atoms with E-state index >= 15 is 0 Å². The average molecular weight is 825 g/mol. The Hall–Kier alpha value is -7.00. The maximum absolute atomic E-state index is 4.06. The number of para-hydroxylation sites is 4. The molecular weight excluding hydrogens is 765 g/mol. The van der Waals surface area contributed by atoms with Crippen molar-refractivity contribution in [1.82, 2.24) is 13.7 Å². The van der Waals surface area contributed by atoms with Crippen LogP contribution in [0.25, 0.3) is 73.6 Å². The molecule has 0 spiro atoms. The summed E-state index contributed by atoms with van der Waals surface area (Å²) in [6, 6.07) is 46.0. The Morgan fingerprint density at radius 1 is 0.651 bits per heavy atom. The lowest BCUT2D eigenvalue weighted by Gasteiger charge is -2.23. The van der Waals surface area contributed by atoms with Crippen molar-refractivity contribution < 1.29 is 0 Å². The maximum Gasteiger partial charge on any atom is 0.0944 e. The van der Waals surface area contributed by atoms with Gasteiger partial charge in [0.2, 0.25) is 0 Å². The smallest absolute Gasteiger partial charge is 0.0944 e. The molecule has 0 saturated heterocycles. The number of hydrogen-bond donors (Lipinski definition) is 0. The van der Waals surface area contributed by atoms with E-state index in [1.54, 1.807) is 0 Å². The van der Waals surface area contributed by atoms with E-state index in [0.717, 1.165) is 42.0 Å². The van der Waals surface area contributed by atoms with Crippen molar-refractivity contribution in [2.24, 2.45) is 0 Å². The predicted molar refractivity (Wildman–Crippen MR) is 274 cm³/mol. The third-order valence-corrected chi connectivity index (χ3v) is 12.2. The van der Waals surface area contributed by atoms with Crippen LogP contribution in [0.15, 0.2) is 163 Å². The largest absolute Gasteiger partial charge is 0.338 e. The molecule has 4 heteroatoms. The fourth-order valence-electron chi connectivity index (χ4n) is 9.71. The van der Waals surface area contributed by atoms with E-state index in [4.69, 9.17) is 0 Å². The van der Waals surface area contributed by atoms with Gasteiger partial charge in [-0.05, 0) is 111 Å². The fourth-order valence-corrected chi connectivity index (χ4v) is 9.71. The lowest BCUT2D eigenvalue weighted by Crippen LogP contribution is -2.28. The summed E-state index contributed by atoms with van der Waals surface area (Å²) in [6.45, 7) is 16.8. The molecule has 0 amide bonds. The van der Waals surface area contributed by atoms with Gasteiger partial charge in [0.15, 0.2) is 0 Å². The first kappa shape index (κ1) is 42.7. The number of benzene rings is 5. The molecule has 8 aromatic rings. The Labute approximate surface area is 373 Å². The first-order valence-electron chi connectivity index (χ1n) is 23.0. The Morgan fingerprint density at radius 2 is 1.27 bits per heavy atom. The number of hydrogen-bond acceptors (Lipinski definition) is 1. The summed E-state index contributed by atoms with van der Waals surface area (Å²) >= 11 is 0. The van der Waals surface area contributed by atoms with Crippen LogP contribution in [-0.2, 0) is 12.8 Å². The normalized spacial score (nSPS) is 13.8. The topological polar surface area (TPSA) is 18.0 Å². The summed E-state index contributed by atoms with van der Waals surface area (Å²) in [5.41, 5.74) is 21.0. The number of aromatic nitrogens is 3.